The van der Waals surface area contributed by atoms with E-state index in [1.165, 1.54) is 0 Å². The standard InChI is InChI=1S/C27H27FN4O5/c28-20-16-31(27(33)34)10-7-23(20)37-24-3-1-2-17-4-5-21(30-26(17)24)22-15-29-25-14-19(6-11-32(22)25)36-18-8-12-35-13-9-18/h1-6,11,14-15,18,20,23H,7-10,12-13,16H2,(H,33,34). The molecule has 2 unspecified atom stereocenters. The van der Waals surface area contributed by atoms with E-state index in [0.717, 1.165) is 40.2 Å². The Kier molecular flexibility index (Phi) is 6.25. The number of likely N-dealkylation sites (tertiary alicyclic amines) is 1. The van der Waals surface area contributed by atoms with Crippen molar-refractivity contribution in [2.45, 2.75) is 37.6 Å². The number of aromatic nitrogens is 3. The number of amides is 1. The van der Waals surface area contributed by atoms with Gasteiger partial charge >= 0.3 is 6.09 Å². The second-order valence-electron chi connectivity index (χ2n) is 9.38. The largest absolute Gasteiger partial charge is 0.490 e. The number of hydrogen-bond donors (Lipinski definition) is 1. The lowest BCUT2D eigenvalue weighted by atomic mass is 10.1. The van der Waals surface area contributed by atoms with Crippen molar-refractivity contribution in [2.24, 2.45) is 0 Å². The van der Waals surface area contributed by atoms with Crippen LogP contribution in [0.1, 0.15) is 19.3 Å². The zero-order valence-electron chi connectivity index (χ0n) is 20.1. The van der Waals surface area contributed by atoms with Crippen LogP contribution in [0.5, 0.6) is 11.5 Å². The van der Waals surface area contributed by atoms with Crippen LogP contribution in [-0.2, 0) is 4.74 Å². The number of fused-ring (bicyclic) bond motifs is 2. The summed E-state index contributed by atoms with van der Waals surface area (Å²) in [5.74, 6) is 1.24. The molecule has 2 fully saturated rings. The number of carbonyl (C=O) groups is 1. The lowest BCUT2D eigenvalue weighted by molar-refractivity contribution is 0.0254. The predicted molar refractivity (Wildman–Crippen MR) is 134 cm³/mol. The first-order valence-electron chi connectivity index (χ1n) is 12.5. The van der Waals surface area contributed by atoms with Gasteiger partial charge in [0.15, 0.2) is 6.17 Å². The number of piperidine rings is 1. The minimum Gasteiger partial charge on any atom is -0.490 e. The van der Waals surface area contributed by atoms with Crippen LogP contribution in [-0.4, -0.2) is 75.2 Å². The molecule has 0 aliphatic carbocycles. The summed E-state index contributed by atoms with van der Waals surface area (Å²) < 4.78 is 34.3. The van der Waals surface area contributed by atoms with Gasteiger partial charge in [0.1, 0.15) is 34.9 Å². The van der Waals surface area contributed by atoms with Crippen LogP contribution in [0.15, 0.2) is 54.9 Å². The number of nitrogens with zero attached hydrogens (tertiary/aromatic N) is 4. The van der Waals surface area contributed by atoms with Crippen molar-refractivity contribution in [1.29, 1.82) is 0 Å². The summed E-state index contributed by atoms with van der Waals surface area (Å²) in [6.07, 6.45) is 2.58. The third-order valence-electron chi connectivity index (χ3n) is 6.93. The quantitative estimate of drug-likeness (QED) is 0.423. The SMILES string of the molecule is O=C(O)N1CCC(Oc2cccc3ccc(-c4cnc5cc(OC6CCOCC6)ccn45)nc23)C(F)C1. The molecule has 0 bridgehead atoms. The van der Waals surface area contributed by atoms with E-state index in [1.807, 2.05) is 47.0 Å². The Bertz CT molecular complexity index is 1440. The monoisotopic (exact) mass is 506 g/mol. The van der Waals surface area contributed by atoms with E-state index in [2.05, 4.69) is 4.98 Å². The Balaban J connectivity index is 1.26. The number of para-hydroxylation sites is 1. The van der Waals surface area contributed by atoms with Crippen molar-refractivity contribution in [1.82, 2.24) is 19.3 Å². The molecular formula is C27H27FN4O5. The normalized spacial score (nSPS) is 20.8. The number of rotatable bonds is 5. The summed E-state index contributed by atoms with van der Waals surface area (Å²) in [5.41, 5.74) is 2.87. The third kappa shape index (κ3) is 4.76. The van der Waals surface area contributed by atoms with Crippen LogP contribution in [0.3, 0.4) is 0 Å². The van der Waals surface area contributed by atoms with Crippen LogP contribution < -0.4 is 9.47 Å². The van der Waals surface area contributed by atoms with Gasteiger partial charge < -0.3 is 24.2 Å². The number of carboxylic acid groups (broad SMARTS) is 1. The molecule has 3 aromatic heterocycles. The van der Waals surface area contributed by atoms with Crippen molar-refractivity contribution in [2.75, 3.05) is 26.3 Å². The molecule has 192 valence electrons. The highest BCUT2D eigenvalue weighted by Crippen LogP contribution is 2.31. The van der Waals surface area contributed by atoms with Crippen molar-refractivity contribution in [3.8, 4) is 22.9 Å². The maximum atomic E-state index is 14.7. The molecule has 6 rings (SSSR count). The first-order chi connectivity index (χ1) is 18.0. The molecule has 4 aromatic rings. The fourth-order valence-corrected chi connectivity index (χ4v) is 4.92. The van der Waals surface area contributed by atoms with E-state index in [9.17, 15) is 9.18 Å². The predicted octanol–water partition coefficient (Wildman–Crippen LogP) is 4.58. The van der Waals surface area contributed by atoms with E-state index in [1.54, 1.807) is 12.3 Å². The van der Waals surface area contributed by atoms with Crippen LogP contribution in [0.25, 0.3) is 27.9 Å². The van der Waals surface area contributed by atoms with Gasteiger partial charge in [0, 0.05) is 43.5 Å². The van der Waals surface area contributed by atoms with E-state index >= 15 is 0 Å². The van der Waals surface area contributed by atoms with Gasteiger partial charge in [-0.05, 0) is 18.2 Å². The average molecular weight is 507 g/mol. The van der Waals surface area contributed by atoms with E-state index in [0.29, 0.717) is 30.2 Å². The molecule has 2 atom stereocenters. The molecule has 10 heteroatoms. The van der Waals surface area contributed by atoms with Crippen LogP contribution in [0.4, 0.5) is 9.18 Å². The topological polar surface area (TPSA) is 98.4 Å². The molecule has 9 nitrogen and oxygen atoms in total. The third-order valence-corrected chi connectivity index (χ3v) is 6.93. The molecule has 5 heterocycles. The van der Waals surface area contributed by atoms with E-state index in [4.69, 9.17) is 24.3 Å². The van der Waals surface area contributed by atoms with Gasteiger partial charge in [0.2, 0.25) is 0 Å². The smallest absolute Gasteiger partial charge is 0.407 e. The van der Waals surface area contributed by atoms with Crippen molar-refractivity contribution >= 4 is 22.6 Å². The lowest BCUT2D eigenvalue weighted by Crippen LogP contribution is -2.48. The molecular weight excluding hydrogens is 479 g/mol. The highest BCUT2D eigenvalue weighted by molar-refractivity contribution is 5.86. The van der Waals surface area contributed by atoms with Gasteiger partial charge in [-0.25, -0.2) is 19.2 Å². The van der Waals surface area contributed by atoms with Gasteiger partial charge in [0.05, 0.1) is 37.3 Å². The summed E-state index contributed by atoms with van der Waals surface area (Å²) in [5, 5.41) is 10.0. The summed E-state index contributed by atoms with van der Waals surface area (Å²) in [6, 6.07) is 13.2. The Hall–Kier alpha value is -3.92. The van der Waals surface area contributed by atoms with Gasteiger partial charge in [-0.2, -0.15) is 0 Å². The maximum Gasteiger partial charge on any atom is 0.407 e. The number of pyridine rings is 2. The molecule has 2 aliphatic rings. The first kappa shape index (κ1) is 23.5. The minimum absolute atomic E-state index is 0.145. The molecule has 1 amide bonds. The number of ether oxygens (including phenoxy) is 3. The van der Waals surface area contributed by atoms with Crippen LogP contribution in [0, 0.1) is 0 Å². The Morgan fingerprint density at radius 3 is 2.78 bits per heavy atom. The highest BCUT2D eigenvalue weighted by Gasteiger charge is 2.33. The molecule has 2 aliphatic heterocycles. The maximum absolute atomic E-state index is 14.7. The van der Waals surface area contributed by atoms with Crippen LogP contribution in [0.2, 0.25) is 0 Å². The van der Waals surface area contributed by atoms with Gasteiger partial charge in [0.25, 0.3) is 0 Å². The Labute approximate surface area is 212 Å². The molecule has 1 aromatic carbocycles. The molecule has 0 radical (unpaired) electrons. The summed E-state index contributed by atoms with van der Waals surface area (Å²) in [7, 11) is 0. The fraction of sp³-hybridized carbons (Fsp3) is 0.370. The summed E-state index contributed by atoms with van der Waals surface area (Å²) in [4.78, 5) is 21.7. The Morgan fingerprint density at radius 2 is 1.97 bits per heavy atom. The second kappa shape index (κ2) is 9.85. The van der Waals surface area contributed by atoms with E-state index < -0.39 is 18.4 Å². The van der Waals surface area contributed by atoms with Crippen LogP contribution >= 0.6 is 0 Å². The number of hydrogen-bond acceptors (Lipinski definition) is 6. The van der Waals surface area contributed by atoms with Gasteiger partial charge in [-0.15, -0.1) is 0 Å². The molecule has 2 saturated heterocycles. The molecule has 1 N–H and O–H groups in total. The number of benzene rings is 1. The van der Waals surface area contributed by atoms with Crippen molar-refractivity contribution < 1.29 is 28.5 Å². The minimum atomic E-state index is -1.42. The molecule has 0 spiro atoms. The second-order valence-corrected chi connectivity index (χ2v) is 9.38. The first-order valence-corrected chi connectivity index (χ1v) is 12.5. The Morgan fingerprint density at radius 1 is 1.11 bits per heavy atom. The number of imidazole rings is 1. The zero-order chi connectivity index (χ0) is 25.4. The van der Waals surface area contributed by atoms with E-state index in [-0.39, 0.29) is 25.6 Å². The van der Waals surface area contributed by atoms with Gasteiger partial charge in [-0.3, -0.25) is 4.40 Å². The number of alkyl halides is 1. The fourth-order valence-electron chi connectivity index (χ4n) is 4.92. The molecule has 0 saturated carbocycles. The average Bonchev–Trinajstić information content (AvgIpc) is 3.33. The zero-order valence-corrected chi connectivity index (χ0v) is 20.1. The van der Waals surface area contributed by atoms with Crippen molar-refractivity contribution in [3.63, 3.8) is 0 Å². The summed E-state index contributed by atoms with van der Waals surface area (Å²) in [6.45, 7) is 1.46. The number of halogens is 1. The summed E-state index contributed by atoms with van der Waals surface area (Å²) >= 11 is 0. The lowest BCUT2D eigenvalue weighted by Gasteiger charge is -2.33. The molecule has 37 heavy (non-hydrogen) atoms. The van der Waals surface area contributed by atoms with Crippen molar-refractivity contribution in [3.05, 3.63) is 54.9 Å². The highest BCUT2D eigenvalue weighted by atomic mass is 19.1. The van der Waals surface area contributed by atoms with Gasteiger partial charge in [-0.1, -0.05) is 18.2 Å².